The van der Waals surface area contributed by atoms with Crippen LogP contribution in [0, 0.1) is 10.1 Å². The molecule has 1 N–H and O–H groups in total. The predicted octanol–water partition coefficient (Wildman–Crippen LogP) is 2.24. The monoisotopic (exact) mass is 248 g/mol. The number of anilines is 1. The van der Waals surface area contributed by atoms with Crippen molar-refractivity contribution < 1.29 is 10.0 Å². The Labute approximate surface area is 105 Å². The van der Waals surface area contributed by atoms with E-state index >= 15 is 0 Å². The lowest BCUT2D eigenvalue weighted by Crippen LogP contribution is -2.29. The standard InChI is InChI=1S/C13H16N2O3/c1-10-4-6-14(7-5-10)13-3-2-12(15(17)18)8-11(13)9-16/h2-4,8,16H,5-7,9H2,1H3. The van der Waals surface area contributed by atoms with E-state index in [1.54, 1.807) is 6.07 Å². The van der Waals surface area contributed by atoms with Gasteiger partial charge in [-0.3, -0.25) is 10.1 Å². The number of nitro benzene ring substituents is 1. The minimum Gasteiger partial charge on any atom is -0.392 e. The molecule has 1 heterocycles. The van der Waals surface area contributed by atoms with E-state index in [2.05, 4.69) is 17.9 Å². The van der Waals surface area contributed by atoms with Gasteiger partial charge in [0, 0.05) is 36.5 Å². The van der Waals surface area contributed by atoms with Gasteiger partial charge in [0.2, 0.25) is 0 Å². The molecule has 0 saturated heterocycles. The van der Waals surface area contributed by atoms with Crippen LogP contribution >= 0.6 is 0 Å². The Morgan fingerprint density at radius 1 is 1.50 bits per heavy atom. The maximum Gasteiger partial charge on any atom is 0.269 e. The molecule has 0 aliphatic carbocycles. The van der Waals surface area contributed by atoms with Gasteiger partial charge in [0.1, 0.15) is 0 Å². The Hall–Kier alpha value is -1.88. The van der Waals surface area contributed by atoms with Crippen LogP contribution in [0.3, 0.4) is 0 Å². The van der Waals surface area contributed by atoms with Gasteiger partial charge in [-0.25, -0.2) is 0 Å². The summed E-state index contributed by atoms with van der Waals surface area (Å²) in [5, 5.41) is 20.0. The first-order chi connectivity index (χ1) is 8.61. The molecule has 0 saturated carbocycles. The molecule has 96 valence electrons. The van der Waals surface area contributed by atoms with Crippen molar-refractivity contribution in [2.24, 2.45) is 0 Å². The van der Waals surface area contributed by atoms with Crippen LogP contribution in [-0.4, -0.2) is 23.1 Å². The molecule has 0 amide bonds. The molecular formula is C13H16N2O3. The molecule has 0 atom stereocenters. The van der Waals surface area contributed by atoms with Gasteiger partial charge in [0.05, 0.1) is 11.5 Å². The first-order valence-electron chi connectivity index (χ1n) is 5.90. The van der Waals surface area contributed by atoms with Gasteiger partial charge in [-0.1, -0.05) is 11.6 Å². The van der Waals surface area contributed by atoms with Gasteiger partial charge in [-0.05, 0) is 19.4 Å². The topological polar surface area (TPSA) is 66.6 Å². The van der Waals surface area contributed by atoms with Crippen LogP contribution in [-0.2, 0) is 6.61 Å². The summed E-state index contributed by atoms with van der Waals surface area (Å²) in [6.07, 6.45) is 3.13. The van der Waals surface area contributed by atoms with Gasteiger partial charge >= 0.3 is 0 Å². The molecule has 0 fully saturated rings. The third-order valence-corrected chi connectivity index (χ3v) is 3.22. The van der Waals surface area contributed by atoms with Crippen molar-refractivity contribution in [3.8, 4) is 0 Å². The second-order valence-electron chi connectivity index (χ2n) is 4.47. The highest BCUT2D eigenvalue weighted by atomic mass is 16.6. The van der Waals surface area contributed by atoms with E-state index in [1.807, 2.05) is 0 Å². The van der Waals surface area contributed by atoms with Crippen LogP contribution in [0.5, 0.6) is 0 Å². The predicted molar refractivity (Wildman–Crippen MR) is 69.6 cm³/mol. The molecule has 0 bridgehead atoms. The van der Waals surface area contributed by atoms with Crippen molar-refractivity contribution in [3.63, 3.8) is 0 Å². The third-order valence-electron chi connectivity index (χ3n) is 3.22. The summed E-state index contributed by atoms with van der Waals surface area (Å²) < 4.78 is 0. The largest absolute Gasteiger partial charge is 0.392 e. The molecule has 0 unspecified atom stereocenters. The van der Waals surface area contributed by atoms with Crippen molar-refractivity contribution >= 4 is 11.4 Å². The summed E-state index contributed by atoms with van der Waals surface area (Å²) in [5.41, 5.74) is 2.87. The second kappa shape index (κ2) is 5.18. The smallest absolute Gasteiger partial charge is 0.269 e. The summed E-state index contributed by atoms with van der Waals surface area (Å²) in [7, 11) is 0. The molecular weight excluding hydrogens is 232 g/mol. The summed E-state index contributed by atoms with van der Waals surface area (Å²) in [6.45, 7) is 3.58. The molecule has 5 nitrogen and oxygen atoms in total. The number of hydrogen-bond donors (Lipinski definition) is 1. The zero-order valence-electron chi connectivity index (χ0n) is 10.3. The molecule has 1 aromatic carbocycles. The van der Waals surface area contributed by atoms with E-state index < -0.39 is 4.92 Å². The zero-order valence-corrected chi connectivity index (χ0v) is 10.3. The lowest BCUT2D eigenvalue weighted by molar-refractivity contribution is -0.384. The highest BCUT2D eigenvalue weighted by Gasteiger charge is 2.16. The summed E-state index contributed by atoms with van der Waals surface area (Å²) in [4.78, 5) is 12.4. The second-order valence-corrected chi connectivity index (χ2v) is 4.47. The Morgan fingerprint density at radius 2 is 2.28 bits per heavy atom. The van der Waals surface area contributed by atoms with E-state index in [1.165, 1.54) is 17.7 Å². The van der Waals surface area contributed by atoms with Gasteiger partial charge < -0.3 is 10.0 Å². The van der Waals surface area contributed by atoms with Crippen molar-refractivity contribution in [1.82, 2.24) is 0 Å². The highest BCUT2D eigenvalue weighted by Crippen LogP contribution is 2.27. The molecule has 0 radical (unpaired) electrons. The number of aliphatic hydroxyl groups is 1. The van der Waals surface area contributed by atoms with Crippen molar-refractivity contribution in [2.45, 2.75) is 20.0 Å². The lowest BCUT2D eigenvalue weighted by atomic mass is 10.1. The molecule has 1 aliphatic rings. The number of nitrogens with zero attached hydrogens (tertiary/aromatic N) is 2. The van der Waals surface area contributed by atoms with Crippen LogP contribution in [0.15, 0.2) is 29.8 Å². The van der Waals surface area contributed by atoms with Gasteiger partial charge in [0.15, 0.2) is 0 Å². The van der Waals surface area contributed by atoms with Gasteiger partial charge in [-0.15, -0.1) is 0 Å². The van der Waals surface area contributed by atoms with E-state index in [0.29, 0.717) is 5.56 Å². The van der Waals surface area contributed by atoms with Crippen molar-refractivity contribution in [3.05, 3.63) is 45.5 Å². The first-order valence-corrected chi connectivity index (χ1v) is 5.90. The number of benzene rings is 1. The third kappa shape index (κ3) is 2.51. The van der Waals surface area contributed by atoms with Gasteiger partial charge in [-0.2, -0.15) is 0 Å². The number of hydrogen-bond acceptors (Lipinski definition) is 4. The zero-order chi connectivity index (χ0) is 13.1. The van der Waals surface area contributed by atoms with E-state index in [9.17, 15) is 15.2 Å². The summed E-state index contributed by atoms with van der Waals surface area (Å²) in [6, 6.07) is 4.65. The van der Waals surface area contributed by atoms with Crippen LogP contribution in [0.4, 0.5) is 11.4 Å². The fourth-order valence-corrected chi connectivity index (χ4v) is 2.11. The Morgan fingerprint density at radius 3 is 2.83 bits per heavy atom. The molecule has 0 spiro atoms. The molecule has 2 rings (SSSR count). The maximum atomic E-state index is 10.7. The molecule has 18 heavy (non-hydrogen) atoms. The van der Waals surface area contributed by atoms with Crippen molar-refractivity contribution in [1.29, 1.82) is 0 Å². The average molecular weight is 248 g/mol. The van der Waals surface area contributed by atoms with E-state index in [-0.39, 0.29) is 12.3 Å². The average Bonchev–Trinajstić information content (AvgIpc) is 2.39. The normalized spacial score (nSPS) is 15.4. The van der Waals surface area contributed by atoms with Crippen LogP contribution in [0.1, 0.15) is 18.9 Å². The Kier molecular flexibility index (Phi) is 3.62. The van der Waals surface area contributed by atoms with Crippen molar-refractivity contribution in [2.75, 3.05) is 18.0 Å². The fraction of sp³-hybridized carbons (Fsp3) is 0.385. The fourth-order valence-electron chi connectivity index (χ4n) is 2.11. The summed E-state index contributed by atoms with van der Waals surface area (Å²) >= 11 is 0. The molecule has 5 heteroatoms. The number of aliphatic hydroxyl groups excluding tert-OH is 1. The van der Waals surface area contributed by atoms with E-state index in [4.69, 9.17) is 0 Å². The molecule has 0 aromatic heterocycles. The number of nitro groups is 1. The van der Waals surface area contributed by atoms with Gasteiger partial charge in [0.25, 0.3) is 5.69 Å². The van der Waals surface area contributed by atoms with Crippen LogP contribution in [0.2, 0.25) is 0 Å². The Balaban J connectivity index is 2.30. The first kappa shape index (κ1) is 12.6. The summed E-state index contributed by atoms with van der Waals surface area (Å²) in [5.74, 6) is 0. The number of non-ortho nitro benzene ring substituents is 1. The highest BCUT2D eigenvalue weighted by molar-refractivity contribution is 5.58. The Bertz CT molecular complexity index is 497. The lowest BCUT2D eigenvalue weighted by Gasteiger charge is -2.29. The molecule has 1 aromatic rings. The van der Waals surface area contributed by atoms with Crippen LogP contribution in [0.25, 0.3) is 0 Å². The molecule has 1 aliphatic heterocycles. The van der Waals surface area contributed by atoms with Crippen LogP contribution < -0.4 is 4.90 Å². The quantitative estimate of drug-likeness (QED) is 0.506. The maximum absolute atomic E-state index is 10.7. The number of rotatable bonds is 3. The minimum absolute atomic E-state index is 0.0199. The SMILES string of the molecule is CC1=CCN(c2ccc([N+](=O)[O-])cc2CO)CC1. The van der Waals surface area contributed by atoms with E-state index in [0.717, 1.165) is 25.2 Å². The minimum atomic E-state index is -0.441.